The molecule has 0 aliphatic rings. The number of aliphatic carboxylic acids is 1. The molecule has 3 N–H and O–H groups in total. The summed E-state index contributed by atoms with van der Waals surface area (Å²) in [5.74, 6) is -8.69. The van der Waals surface area contributed by atoms with Crippen LogP contribution in [0.2, 0.25) is 0 Å². The summed E-state index contributed by atoms with van der Waals surface area (Å²) < 4.78 is 32.9. The van der Waals surface area contributed by atoms with E-state index in [1.807, 2.05) is 45.2 Å². The molecule has 0 aliphatic carbocycles. The molecule has 0 radical (unpaired) electrons. The number of hydrogen-bond acceptors (Lipinski definition) is 5. The van der Waals surface area contributed by atoms with Crippen LogP contribution in [-0.2, 0) is 14.3 Å². The summed E-state index contributed by atoms with van der Waals surface area (Å²) in [6.45, 7) is 2.60. The first-order valence-electron chi connectivity index (χ1n) is 7.04. The van der Waals surface area contributed by atoms with Gasteiger partial charge in [-0.3, -0.25) is 4.79 Å². The summed E-state index contributed by atoms with van der Waals surface area (Å²) in [7, 11) is 0. The highest BCUT2D eigenvalue weighted by atomic mass is 127. The molecule has 2 atom stereocenters. The molecule has 0 saturated heterocycles. The van der Waals surface area contributed by atoms with Crippen molar-refractivity contribution in [3.05, 3.63) is 24.8 Å². The SMILES string of the molecule is CC(C)C(OC(=O)CC(O)c1cc(I)c(O)c(I)c1)C(F)(F)C(=O)O. The molecule has 140 valence electrons. The summed E-state index contributed by atoms with van der Waals surface area (Å²) in [5, 5.41) is 28.4. The smallest absolute Gasteiger partial charge is 0.378 e. The molecule has 0 amide bonds. The van der Waals surface area contributed by atoms with E-state index in [-0.39, 0.29) is 5.75 Å². The van der Waals surface area contributed by atoms with E-state index >= 15 is 0 Å². The summed E-state index contributed by atoms with van der Waals surface area (Å²) >= 11 is 3.68. The monoisotopic (exact) mass is 584 g/mol. The Morgan fingerprint density at radius 1 is 1.24 bits per heavy atom. The van der Waals surface area contributed by atoms with Crippen LogP contribution in [0.3, 0.4) is 0 Å². The Balaban J connectivity index is 2.89. The van der Waals surface area contributed by atoms with Crippen molar-refractivity contribution in [3.63, 3.8) is 0 Å². The molecule has 1 aromatic carbocycles. The Labute approximate surface area is 169 Å². The molecule has 0 aliphatic heterocycles. The first kappa shape index (κ1) is 22.3. The maximum atomic E-state index is 13.7. The fraction of sp³-hybridized carbons (Fsp3) is 0.467. The van der Waals surface area contributed by atoms with Gasteiger partial charge in [-0.05, 0) is 68.8 Å². The van der Waals surface area contributed by atoms with Gasteiger partial charge in [0, 0.05) is 0 Å². The third kappa shape index (κ3) is 5.61. The normalized spacial score (nSPS) is 14.2. The number of phenols is 1. The third-order valence-corrected chi connectivity index (χ3v) is 4.94. The Bertz CT molecular complexity index is 642. The molecule has 6 nitrogen and oxygen atoms in total. The van der Waals surface area contributed by atoms with Gasteiger partial charge in [0.1, 0.15) is 5.75 Å². The van der Waals surface area contributed by atoms with Crippen molar-refractivity contribution in [2.75, 3.05) is 0 Å². The molecular formula is C15H16F2I2O6. The first-order chi connectivity index (χ1) is 11.4. The van der Waals surface area contributed by atoms with Crippen LogP contribution in [-0.4, -0.2) is 39.3 Å². The third-order valence-electron chi connectivity index (χ3n) is 3.29. The van der Waals surface area contributed by atoms with Gasteiger partial charge in [-0.25, -0.2) is 4.79 Å². The fourth-order valence-corrected chi connectivity index (χ4v) is 3.81. The molecule has 0 spiro atoms. The van der Waals surface area contributed by atoms with Crippen LogP contribution >= 0.6 is 45.2 Å². The molecule has 0 saturated carbocycles. The van der Waals surface area contributed by atoms with Crippen molar-refractivity contribution >= 4 is 57.1 Å². The maximum Gasteiger partial charge on any atom is 0.378 e. The van der Waals surface area contributed by atoms with Crippen LogP contribution in [0.4, 0.5) is 8.78 Å². The lowest BCUT2D eigenvalue weighted by atomic mass is 10.0. The van der Waals surface area contributed by atoms with E-state index in [2.05, 4.69) is 4.74 Å². The zero-order chi connectivity index (χ0) is 19.5. The van der Waals surface area contributed by atoms with Crippen LogP contribution < -0.4 is 0 Å². The molecule has 0 aromatic heterocycles. The van der Waals surface area contributed by atoms with Crippen LogP contribution in [0.25, 0.3) is 0 Å². The van der Waals surface area contributed by atoms with Crippen LogP contribution in [0.15, 0.2) is 12.1 Å². The highest BCUT2D eigenvalue weighted by molar-refractivity contribution is 14.1. The van der Waals surface area contributed by atoms with E-state index in [4.69, 9.17) is 5.11 Å². The van der Waals surface area contributed by atoms with E-state index in [1.54, 1.807) is 0 Å². The van der Waals surface area contributed by atoms with Crippen LogP contribution in [0, 0.1) is 13.1 Å². The Kier molecular flexibility index (Phi) is 7.80. The minimum absolute atomic E-state index is 0.0284. The summed E-state index contributed by atoms with van der Waals surface area (Å²) in [6.07, 6.45) is -4.12. The van der Waals surface area contributed by atoms with E-state index in [9.17, 15) is 28.6 Å². The minimum Gasteiger partial charge on any atom is -0.506 e. The van der Waals surface area contributed by atoms with Gasteiger partial charge in [0.05, 0.1) is 19.7 Å². The van der Waals surface area contributed by atoms with Crippen molar-refractivity contribution in [1.82, 2.24) is 0 Å². The van der Waals surface area contributed by atoms with Gasteiger partial charge in [0.25, 0.3) is 0 Å². The number of esters is 1. The van der Waals surface area contributed by atoms with Gasteiger partial charge in [-0.15, -0.1) is 0 Å². The molecular weight excluding hydrogens is 568 g/mol. The number of phenolic OH excluding ortho intramolecular Hbond substituents is 1. The number of hydrogen-bond donors (Lipinski definition) is 3. The predicted molar refractivity (Wildman–Crippen MR) is 100 cm³/mol. The average molecular weight is 584 g/mol. The number of alkyl halides is 2. The van der Waals surface area contributed by atoms with Crippen LogP contribution in [0.1, 0.15) is 31.9 Å². The Hall–Kier alpha value is -0.760. The summed E-state index contributed by atoms with van der Waals surface area (Å²) in [6, 6.07) is 2.89. The number of rotatable bonds is 7. The Morgan fingerprint density at radius 3 is 2.12 bits per heavy atom. The van der Waals surface area contributed by atoms with Crippen molar-refractivity contribution in [2.45, 2.75) is 38.4 Å². The van der Waals surface area contributed by atoms with Crippen molar-refractivity contribution < 1.29 is 38.4 Å². The zero-order valence-corrected chi connectivity index (χ0v) is 17.5. The van der Waals surface area contributed by atoms with Gasteiger partial charge in [0.15, 0.2) is 6.10 Å². The maximum absolute atomic E-state index is 13.7. The zero-order valence-electron chi connectivity index (χ0n) is 13.2. The number of carboxylic acid groups (broad SMARTS) is 1. The molecule has 0 fully saturated rings. The molecule has 2 unspecified atom stereocenters. The predicted octanol–water partition coefficient (Wildman–Crippen LogP) is 3.31. The van der Waals surface area contributed by atoms with E-state index in [0.717, 1.165) is 0 Å². The van der Waals surface area contributed by atoms with Crippen molar-refractivity contribution in [2.24, 2.45) is 5.92 Å². The second-order valence-electron chi connectivity index (χ2n) is 5.64. The number of ether oxygens (including phenoxy) is 1. The molecule has 10 heteroatoms. The van der Waals surface area contributed by atoms with E-state index in [1.165, 1.54) is 26.0 Å². The van der Waals surface area contributed by atoms with E-state index < -0.39 is 42.4 Å². The Morgan fingerprint density at radius 2 is 1.72 bits per heavy atom. The van der Waals surface area contributed by atoms with Crippen molar-refractivity contribution in [3.8, 4) is 5.75 Å². The molecule has 0 heterocycles. The van der Waals surface area contributed by atoms with Gasteiger partial charge in [-0.2, -0.15) is 8.78 Å². The molecule has 0 bridgehead atoms. The number of carbonyl (C=O) groups is 2. The topological polar surface area (TPSA) is 104 Å². The minimum atomic E-state index is -4.24. The summed E-state index contributed by atoms with van der Waals surface area (Å²) in [4.78, 5) is 22.6. The number of carbonyl (C=O) groups excluding carboxylic acids is 1. The number of aliphatic hydroxyl groups is 1. The van der Waals surface area contributed by atoms with Gasteiger partial charge in [0.2, 0.25) is 0 Å². The number of aliphatic hydroxyl groups excluding tert-OH is 1. The quantitative estimate of drug-likeness (QED) is 0.336. The second kappa shape index (κ2) is 8.75. The molecule has 1 rings (SSSR count). The number of halogens is 4. The number of aromatic hydroxyl groups is 1. The van der Waals surface area contributed by atoms with Gasteiger partial charge < -0.3 is 20.1 Å². The molecule has 1 aromatic rings. The largest absolute Gasteiger partial charge is 0.506 e. The highest BCUT2D eigenvalue weighted by Gasteiger charge is 2.51. The lowest BCUT2D eigenvalue weighted by Gasteiger charge is -2.27. The lowest BCUT2D eigenvalue weighted by Crippen LogP contribution is -2.47. The summed E-state index contributed by atoms with van der Waals surface area (Å²) in [5.41, 5.74) is 0.301. The number of carboxylic acids is 1. The average Bonchev–Trinajstić information content (AvgIpc) is 2.48. The standard InChI is InChI=1S/C15H16F2I2O6/c1-6(2)13(15(16,17)14(23)24)25-11(21)5-10(20)7-3-8(18)12(22)9(19)4-7/h3-4,6,10,13,20,22H,5H2,1-2H3,(H,23,24). The first-order valence-corrected chi connectivity index (χ1v) is 9.20. The lowest BCUT2D eigenvalue weighted by molar-refractivity contribution is -0.200. The van der Waals surface area contributed by atoms with Gasteiger partial charge in [-0.1, -0.05) is 13.8 Å². The van der Waals surface area contributed by atoms with Crippen LogP contribution in [0.5, 0.6) is 5.75 Å². The molecule has 25 heavy (non-hydrogen) atoms. The highest BCUT2D eigenvalue weighted by Crippen LogP contribution is 2.32. The van der Waals surface area contributed by atoms with Gasteiger partial charge >= 0.3 is 17.9 Å². The number of benzene rings is 1. The van der Waals surface area contributed by atoms with Crippen molar-refractivity contribution in [1.29, 1.82) is 0 Å². The second-order valence-corrected chi connectivity index (χ2v) is 7.96. The fourth-order valence-electron chi connectivity index (χ4n) is 1.99. The van der Waals surface area contributed by atoms with E-state index in [0.29, 0.717) is 12.7 Å².